The van der Waals surface area contributed by atoms with E-state index in [9.17, 15) is 5.11 Å². The number of rotatable bonds is 4. The van der Waals surface area contributed by atoms with Crippen LogP contribution < -0.4 is 0 Å². The van der Waals surface area contributed by atoms with E-state index in [4.69, 9.17) is 4.42 Å². The minimum absolute atomic E-state index is 0.319. The smallest absolute Gasteiger partial charge is 0.236 e. The van der Waals surface area contributed by atoms with Crippen LogP contribution >= 0.6 is 11.3 Å². The topological polar surface area (TPSA) is 49.5 Å². The van der Waals surface area contributed by atoms with Crippen molar-refractivity contribution in [2.75, 3.05) is 19.7 Å². The highest BCUT2D eigenvalue weighted by Crippen LogP contribution is 2.27. The van der Waals surface area contributed by atoms with E-state index in [2.05, 4.69) is 9.88 Å². The molecule has 3 heterocycles. The van der Waals surface area contributed by atoms with Gasteiger partial charge in [-0.1, -0.05) is 6.07 Å². The lowest BCUT2D eigenvalue weighted by Crippen LogP contribution is -2.34. The molecule has 0 bridgehead atoms. The lowest BCUT2D eigenvalue weighted by atomic mass is 9.98. The van der Waals surface area contributed by atoms with Crippen molar-refractivity contribution in [2.24, 2.45) is 5.92 Å². The van der Waals surface area contributed by atoms with E-state index in [1.807, 2.05) is 24.4 Å². The van der Waals surface area contributed by atoms with Crippen molar-refractivity contribution >= 4 is 11.3 Å². The van der Waals surface area contributed by atoms with Gasteiger partial charge in [0.25, 0.3) is 0 Å². The van der Waals surface area contributed by atoms with Gasteiger partial charge in [-0.2, -0.15) is 0 Å². The fraction of sp³-hybridized carbons (Fsp3) is 0.533. The number of piperidine rings is 1. The summed E-state index contributed by atoms with van der Waals surface area (Å²) >= 11 is 1.65. The number of oxazole rings is 1. The van der Waals surface area contributed by atoms with Crippen LogP contribution in [0.15, 0.2) is 21.9 Å². The molecule has 1 aliphatic rings. The van der Waals surface area contributed by atoms with Gasteiger partial charge in [0.1, 0.15) is 5.76 Å². The Morgan fingerprint density at radius 1 is 1.45 bits per heavy atom. The van der Waals surface area contributed by atoms with Gasteiger partial charge in [-0.15, -0.1) is 11.3 Å². The zero-order valence-electron chi connectivity index (χ0n) is 11.7. The first-order valence-electron chi connectivity index (χ1n) is 7.09. The lowest BCUT2D eigenvalue weighted by molar-refractivity contribution is 0.126. The Kier molecular flexibility index (Phi) is 4.19. The highest BCUT2D eigenvalue weighted by atomic mass is 32.1. The predicted molar refractivity (Wildman–Crippen MR) is 79.6 cm³/mol. The van der Waals surface area contributed by atoms with E-state index in [1.165, 1.54) is 0 Å². The molecule has 1 N–H and O–H groups in total. The monoisotopic (exact) mass is 292 g/mol. The Morgan fingerprint density at radius 2 is 2.25 bits per heavy atom. The van der Waals surface area contributed by atoms with E-state index in [0.717, 1.165) is 54.7 Å². The molecule has 5 heteroatoms. The maximum atomic E-state index is 9.18. The highest BCUT2D eigenvalue weighted by Gasteiger charge is 2.21. The molecule has 0 unspecified atom stereocenters. The normalized spacial score (nSPS) is 17.7. The molecule has 0 spiro atoms. The Bertz CT molecular complexity index is 542. The fourth-order valence-electron chi connectivity index (χ4n) is 2.62. The highest BCUT2D eigenvalue weighted by molar-refractivity contribution is 7.13. The molecule has 1 saturated heterocycles. The molecule has 2 aromatic rings. The minimum atomic E-state index is 0.319. The summed E-state index contributed by atoms with van der Waals surface area (Å²) in [7, 11) is 0. The number of aliphatic hydroxyl groups excluding tert-OH is 1. The lowest BCUT2D eigenvalue weighted by Gasteiger charge is -2.30. The summed E-state index contributed by atoms with van der Waals surface area (Å²) in [6.07, 6.45) is 2.15. The Morgan fingerprint density at radius 3 is 2.90 bits per heavy atom. The van der Waals surface area contributed by atoms with Gasteiger partial charge in [0.05, 0.1) is 10.6 Å². The van der Waals surface area contributed by atoms with Crippen molar-refractivity contribution in [2.45, 2.75) is 26.3 Å². The van der Waals surface area contributed by atoms with E-state index in [-0.39, 0.29) is 0 Å². The summed E-state index contributed by atoms with van der Waals surface area (Å²) in [6.45, 7) is 5.22. The van der Waals surface area contributed by atoms with Crippen molar-refractivity contribution in [3.05, 3.63) is 29.0 Å². The zero-order valence-corrected chi connectivity index (χ0v) is 12.5. The third-order valence-corrected chi connectivity index (χ3v) is 4.82. The molecule has 1 fully saturated rings. The molecule has 108 valence electrons. The Balaban J connectivity index is 1.66. The summed E-state index contributed by atoms with van der Waals surface area (Å²) in [5, 5.41) is 11.2. The number of likely N-dealkylation sites (tertiary alicyclic amines) is 1. The summed E-state index contributed by atoms with van der Waals surface area (Å²) < 4.78 is 5.78. The summed E-state index contributed by atoms with van der Waals surface area (Å²) in [4.78, 5) is 8.12. The van der Waals surface area contributed by atoms with Gasteiger partial charge >= 0.3 is 0 Å². The first-order chi connectivity index (χ1) is 9.76. The second-order valence-electron chi connectivity index (χ2n) is 5.40. The van der Waals surface area contributed by atoms with Crippen LogP contribution in [-0.4, -0.2) is 34.7 Å². The maximum Gasteiger partial charge on any atom is 0.236 e. The Labute approximate surface area is 123 Å². The van der Waals surface area contributed by atoms with Crippen LogP contribution in [0, 0.1) is 12.8 Å². The predicted octanol–water partition coefficient (Wildman–Crippen LogP) is 2.92. The van der Waals surface area contributed by atoms with E-state index in [0.29, 0.717) is 12.5 Å². The van der Waals surface area contributed by atoms with Crippen LogP contribution in [0.2, 0.25) is 0 Å². The SMILES string of the molecule is Cc1oc(-c2cccs2)nc1CN1CCC(CO)CC1. The third kappa shape index (κ3) is 2.95. The van der Waals surface area contributed by atoms with Crippen LogP contribution in [0.25, 0.3) is 10.8 Å². The van der Waals surface area contributed by atoms with E-state index >= 15 is 0 Å². The first kappa shape index (κ1) is 13.8. The van der Waals surface area contributed by atoms with Crippen molar-refractivity contribution in [3.8, 4) is 10.8 Å². The van der Waals surface area contributed by atoms with Gasteiger partial charge in [0, 0.05) is 13.2 Å². The molecule has 20 heavy (non-hydrogen) atoms. The molecule has 0 aromatic carbocycles. The molecule has 3 rings (SSSR count). The molecule has 0 saturated carbocycles. The number of hydrogen-bond acceptors (Lipinski definition) is 5. The second kappa shape index (κ2) is 6.08. The molecule has 4 nitrogen and oxygen atoms in total. The van der Waals surface area contributed by atoms with Crippen LogP contribution in [0.3, 0.4) is 0 Å². The standard InChI is InChI=1S/C15H20N2O2S/c1-11-13(9-17-6-4-12(10-18)5-7-17)16-15(19-11)14-3-2-8-20-14/h2-3,8,12,18H,4-7,9-10H2,1H3. The molecule has 0 atom stereocenters. The molecular weight excluding hydrogens is 272 g/mol. The van der Waals surface area contributed by atoms with E-state index < -0.39 is 0 Å². The average Bonchev–Trinajstić information content (AvgIpc) is 3.10. The van der Waals surface area contributed by atoms with Crippen LogP contribution in [0.5, 0.6) is 0 Å². The van der Waals surface area contributed by atoms with Gasteiger partial charge < -0.3 is 9.52 Å². The maximum absolute atomic E-state index is 9.18. The molecule has 2 aromatic heterocycles. The fourth-order valence-corrected chi connectivity index (χ4v) is 3.27. The summed E-state index contributed by atoms with van der Waals surface area (Å²) in [5.41, 5.74) is 1.04. The number of aromatic nitrogens is 1. The van der Waals surface area contributed by atoms with Crippen molar-refractivity contribution in [1.29, 1.82) is 0 Å². The summed E-state index contributed by atoms with van der Waals surface area (Å²) in [6, 6.07) is 4.05. The molecule has 0 amide bonds. The molecular formula is C15H20N2O2S. The van der Waals surface area contributed by atoms with Gasteiger partial charge in [-0.25, -0.2) is 4.98 Å². The molecule has 1 aliphatic heterocycles. The van der Waals surface area contributed by atoms with Crippen LogP contribution in [0.1, 0.15) is 24.3 Å². The zero-order chi connectivity index (χ0) is 13.9. The average molecular weight is 292 g/mol. The Hall–Kier alpha value is -1.17. The third-order valence-electron chi connectivity index (χ3n) is 3.96. The number of aryl methyl sites for hydroxylation is 1. The molecule has 0 radical (unpaired) electrons. The summed E-state index contributed by atoms with van der Waals surface area (Å²) in [5.74, 6) is 2.13. The quantitative estimate of drug-likeness (QED) is 0.941. The second-order valence-corrected chi connectivity index (χ2v) is 6.35. The number of aliphatic hydroxyl groups is 1. The van der Waals surface area contributed by atoms with E-state index in [1.54, 1.807) is 11.3 Å². The largest absolute Gasteiger partial charge is 0.440 e. The van der Waals surface area contributed by atoms with Crippen LogP contribution in [0.4, 0.5) is 0 Å². The van der Waals surface area contributed by atoms with Crippen molar-refractivity contribution in [1.82, 2.24) is 9.88 Å². The van der Waals surface area contributed by atoms with Crippen molar-refractivity contribution < 1.29 is 9.52 Å². The molecule has 0 aliphatic carbocycles. The van der Waals surface area contributed by atoms with Gasteiger partial charge in [0.2, 0.25) is 5.89 Å². The van der Waals surface area contributed by atoms with Gasteiger partial charge in [-0.3, -0.25) is 4.90 Å². The number of thiophene rings is 1. The number of nitrogens with zero attached hydrogens (tertiary/aromatic N) is 2. The van der Waals surface area contributed by atoms with Crippen LogP contribution in [-0.2, 0) is 6.54 Å². The number of hydrogen-bond donors (Lipinski definition) is 1. The first-order valence-corrected chi connectivity index (χ1v) is 7.97. The van der Waals surface area contributed by atoms with Crippen molar-refractivity contribution in [3.63, 3.8) is 0 Å². The van der Waals surface area contributed by atoms with Gasteiger partial charge in [-0.05, 0) is 50.2 Å². The van der Waals surface area contributed by atoms with Gasteiger partial charge in [0.15, 0.2) is 0 Å². The minimum Gasteiger partial charge on any atom is -0.440 e.